The number of allylic oxidation sites excluding steroid dienone is 2. The van der Waals surface area contributed by atoms with Gasteiger partial charge in [-0.15, -0.1) is 0 Å². The van der Waals surface area contributed by atoms with Gasteiger partial charge in [-0.05, 0) is 18.3 Å². The van der Waals surface area contributed by atoms with Crippen molar-refractivity contribution in [2.75, 3.05) is 0 Å². The lowest BCUT2D eigenvalue weighted by Crippen LogP contribution is -2.14. The second-order valence-corrected chi connectivity index (χ2v) is 4.58. The fraction of sp³-hybridized carbons (Fsp3) is 0.750. The van der Waals surface area contributed by atoms with Crippen LogP contribution < -0.4 is 0 Å². The third-order valence-electron chi connectivity index (χ3n) is 1.82. The average molecular weight is 189 g/mol. The summed E-state index contributed by atoms with van der Waals surface area (Å²) in [5.74, 6) is 0. The molecular weight excluding hydrogens is 176 g/mol. The topological polar surface area (TPSA) is 0 Å². The van der Waals surface area contributed by atoms with Crippen LogP contribution in [0.15, 0.2) is 12.2 Å². The highest BCUT2D eigenvalue weighted by Gasteiger charge is 2.19. The fourth-order valence-electron chi connectivity index (χ4n) is 1.05. The number of rotatable bonds is 0. The molecule has 0 aliphatic heterocycles. The Bertz CT molecular complexity index is 125. The molecule has 1 heteroatoms. The fourth-order valence-corrected chi connectivity index (χ4v) is 1.44. The van der Waals surface area contributed by atoms with Crippen LogP contribution in [0.4, 0.5) is 0 Å². The van der Waals surface area contributed by atoms with Crippen LogP contribution in [0, 0.1) is 5.41 Å². The van der Waals surface area contributed by atoms with Gasteiger partial charge >= 0.3 is 0 Å². The third kappa shape index (κ3) is 2.13. The van der Waals surface area contributed by atoms with E-state index in [2.05, 4.69) is 41.9 Å². The maximum atomic E-state index is 3.55. The Labute approximate surface area is 65.5 Å². The van der Waals surface area contributed by atoms with E-state index in [1.165, 1.54) is 12.8 Å². The van der Waals surface area contributed by atoms with Crippen molar-refractivity contribution in [2.45, 2.75) is 31.5 Å². The zero-order chi connectivity index (χ0) is 6.91. The minimum atomic E-state index is 0.449. The van der Waals surface area contributed by atoms with Crippen LogP contribution in [0.3, 0.4) is 0 Å². The first-order valence-electron chi connectivity index (χ1n) is 3.44. The van der Waals surface area contributed by atoms with Crippen molar-refractivity contribution in [1.29, 1.82) is 0 Å². The van der Waals surface area contributed by atoms with Gasteiger partial charge in [0.15, 0.2) is 0 Å². The molecule has 0 bridgehead atoms. The van der Waals surface area contributed by atoms with Crippen molar-refractivity contribution in [2.24, 2.45) is 5.41 Å². The summed E-state index contributed by atoms with van der Waals surface area (Å²) in [6.07, 6.45) is 7.14. The van der Waals surface area contributed by atoms with E-state index in [1.807, 2.05) is 0 Å². The highest BCUT2D eigenvalue weighted by atomic mass is 79.9. The molecule has 0 amide bonds. The molecule has 0 radical (unpaired) electrons. The Balaban J connectivity index is 2.58. The molecular formula is C8H13Br. The molecule has 0 aromatic heterocycles. The molecule has 0 heterocycles. The van der Waals surface area contributed by atoms with Crippen molar-refractivity contribution in [3.8, 4) is 0 Å². The van der Waals surface area contributed by atoms with Gasteiger partial charge in [-0.1, -0.05) is 41.9 Å². The first-order chi connectivity index (χ1) is 4.10. The first kappa shape index (κ1) is 7.33. The molecule has 1 aliphatic rings. The summed E-state index contributed by atoms with van der Waals surface area (Å²) < 4.78 is 0. The molecule has 52 valence electrons. The molecule has 0 saturated carbocycles. The zero-order valence-corrected chi connectivity index (χ0v) is 7.61. The van der Waals surface area contributed by atoms with Crippen LogP contribution in [0.25, 0.3) is 0 Å². The summed E-state index contributed by atoms with van der Waals surface area (Å²) in [7, 11) is 0. The SMILES string of the molecule is CC1(C)C=CC(Br)CC1. The lowest BCUT2D eigenvalue weighted by atomic mass is 9.83. The molecule has 0 aromatic rings. The largest absolute Gasteiger partial charge is 0.0845 e. The van der Waals surface area contributed by atoms with Crippen LogP contribution >= 0.6 is 15.9 Å². The number of hydrogen-bond acceptors (Lipinski definition) is 0. The van der Waals surface area contributed by atoms with Crippen molar-refractivity contribution < 1.29 is 0 Å². The van der Waals surface area contributed by atoms with Crippen LogP contribution in [0.5, 0.6) is 0 Å². The second kappa shape index (κ2) is 2.45. The Hall–Kier alpha value is 0.220. The summed E-state index contributed by atoms with van der Waals surface area (Å²) in [4.78, 5) is 0.630. The molecule has 1 atom stereocenters. The normalized spacial score (nSPS) is 32.6. The molecule has 1 unspecified atom stereocenters. The van der Waals surface area contributed by atoms with Gasteiger partial charge in [-0.25, -0.2) is 0 Å². The quantitative estimate of drug-likeness (QED) is 0.405. The van der Waals surface area contributed by atoms with Crippen molar-refractivity contribution in [3.05, 3.63) is 12.2 Å². The highest BCUT2D eigenvalue weighted by molar-refractivity contribution is 9.09. The Morgan fingerprint density at radius 1 is 1.56 bits per heavy atom. The van der Waals surface area contributed by atoms with Crippen LogP contribution in [0.1, 0.15) is 26.7 Å². The Kier molecular flexibility index (Phi) is 2.00. The van der Waals surface area contributed by atoms with Gasteiger partial charge in [0, 0.05) is 4.83 Å². The molecule has 1 rings (SSSR count). The summed E-state index contributed by atoms with van der Waals surface area (Å²) in [5, 5.41) is 0. The zero-order valence-electron chi connectivity index (χ0n) is 6.02. The predicted octanol–water partition coefficient (Wildman–Crippen LogP) is 3.13. The monoisotopic (exact) mass is 188 g/mol. The first-order valence-corrected chi connectivity index (χ1v) is 4.35. The van der Waals surface area contributed by atoms with E-state index in [0.29, 0.717) is 10.2 Å². The Morgan fingerprint density at radius 2 is 2.22 bits per heavy atom. The summed E-state index contributed by atoms with van der Waals surface area (Å²) in [6.45, 7) is 4.56. The van der Waals surface area contributed by atoms with Crippen LogP contribution in [-0.4, -0.2) is 4.83 Å². The van der Waals surface area contributed by atoms with E-state index < -0.39 is 0 Å². The molecule has 0 nitrogen and oxygen atoms in total. The molecule has 0 spiro atoms. The number of halogens is 1. The number of alkyl halides is 1. The average Bonchev–Trinajstić information content (AvgIpc) is 1.78. The molecule has 0 fully saturated rings. The van der Waals surface area contributed by atoms with E-state index in [1.54, 1.807) is 0 Å². The van der Waals surface area contributed by atoms with E-state index in [9.17, 15) is 0 Å². The van der Waals surface area contributed by atoms with Gasteiger partial charge in [0.2, 0.25) is 0 Å². The molecule has 0 N–H and O–H groups in total. The molecule has 0 saturated heterocycles. The molecule has 1 aliphatic carbocycles. The lowest BCUT2D eigenvalue weighted by Gasteiger charge is -2.25. The maximum Gasteiger partial charge on any atom is 0.0325 e. The van der Waals surface area contributed by atoms with Gasteiger partial charge in [0.05, 0.1) is 0 Å². The minimum Gasteiger partial charge on any atom is -0.0845 e. The molecule has 9 heavy (non-hydrogen) atoms. The van der Waals surface area contributed by atoms with E-state index >= 15 is 0 Å². The van der Waals surface area contributed by atoms with Gasteiger partial charge in [0.25, 0.3) is 0 Å². The number of hydrogen-bond donors (Lipinski definition) is 0. The Morgan fingerprint density at radius 3 is 2.56 bits per heavy atom. The van der Waals surface area contributed by atoms with E-state index in [4.69, 9.17) is 0 Å². The van der Waals surface area contributed by atoms with Crippen molar-refractivity contribution in [3.63, 3.8) is 0 Å². The van der Waals surface area contributed by atoms with Crippen molar-refractivity contribution >= 4 is 15.9 Å². The van der Waals surface area contributed by atoms with E-state index in [-0.39, 0.29) is 0 Å². The van der Waals surface area contributed by atoms with Gasteiger partial charge in [-0.3, -0.25) is 0 Å². The van der Waals surface area contributed by atoms with Gasteiger partial charge in [0.1, 0.15) is 0 Å². The smallest absolute Gasteiger partial charge is 0.0325 e. The van der Waals surface area contributed by atoms with Crippen LogP contribution in [-0.2, 0) is 0 Å². The van der Waals surface area contributed by atoms with E-state index in [0.717, 1.165) is 0 Å². The molecule has 0 aromatic carbocycles. The van der Waals surface area contributed by atoms with Crippen LogP contribution in [0.2, 0.25) is 0 Å². The lowest BCUT2D eigenvalue weighted by molar-refractivity contribution is 0.410. The third-order valence-corrected chi connectivity index (χ3v) is 2.58. The summed E-state index contributed by atoms with van der Waals surface area (Å²) in [6, 6.07) is 0. The highest BCUT2D eigenvalue weighted by Crippen LogP contribution is 2.31. The summed E-state index contributed by atoms with van der Waals surface area (Å²) >= 11 is 3.55. The second-order valence-electron chi connectivity index (χ2n) is 3.40. The predicted molar refractivity (Wildman–Crippen MR) is 44.9 cm³/mol. The summed E-state index contributed by atoms with van der Waals surface area (Å²) in [5.41, 5.74) is 0.449. The standard InChI is InChI=1S/C8H13Br/c1-8(2)5-3-7(9)4-6-8/h3,5,7H,4,6H2,1-2H3. The van der Waals surface area contributed by atoms with Gasteiger partial charge in [-0.2, -0.15) is 0 Å². The van der Waals surface area contributed by atoms with Crippen molar-refractivity contribution in [1.82, 2.24) is 0 Å². The maximum absolute atomic E-state index is 3.55. The van der Waals surface area contributed by atoms with Gasteiger partial charge < -0.3 is 0 Å². The minimum absolute atomic E-state index is 0.449.